The minimum absolute atomic E-state index is 0.101. The molecule has 0 fully saturated rings. The van der Waals surface area contributed by atoms with E-state index in [9.17, 15) is 14.8 Å². The molecule has 0 saturated heterocycles. The van der Waals surface area contributed by atoms with Gasteiger partial charge in [0.1, 0.15) is 24.1 Å². The summed E-state index contributed by atoms with van der Waals surface area (Å²) in [6.45, 7) is 0.651. The largest absolute Gasteiger partial charge is 0.492 e. The van der Waals surface area contributed by atoms with Gasteiger partial charge in [0, 0.05) is 11.1 Å². The zero-order chi connectivity index (χ0) is 24.1. The number of fused-ring (bicyclic) bond motifs is 1. The molecule has 1 unspecified atom stereocenters. The Kier molecular flexibility index (Phi) is 7.05. The molecular formula is C25H23N3O5S. The molecule has 1 heterocycles. The van der Waals surface area contributed by atoms with Gasteiger partial charge in [-0.05, 0) is 36.2 Å². The zero-order valence-corrected chi connectivity index (χ0v) is 18.9. The number of carboxylic acid groups (broad SMARTS) is 1. The second kappa shape index (κ2) is 10.3. The van der Waals surface area contributed by atoms with Crippen molar-refractivity contribution in [2.45, 2.75) is 19.0 Å². The van der Waals surface area contributed by atoms with Crippen molar-refractivity contribution in [1.82, 2.24) is 4.57 Å². The van der Waals surface area contributed by atoms with Crippen molar-refractivity contribution in [1.29, 1.82) is 0 Å². The molecule has 1 atom stereocenters. The lowest BCUT2D eigenvalue weighted by atomic mass is 10.0. The molecule has 0 aliphatic heterocycles. The highest BCUT2D eigenvalue weighted by Crippen LogP contribution is 2.22. The van der Waals surface area contributed by atoms with Crippen molar-refractivity contribution < 1.29 is 19.8 Å². The van der Waals surface area contributed by atoms with Gasteiger partial charge in [0.05, 0.1) is 16.8 Å². The highest BCUT2D eigenvalue weighted by atomic mass is 32.1. The van der Waals surface area contributed by atoms with Gasteiger partial charge in [-0.15, -0.1) is 0 Å². The molecule has 4 aromatic rings. The summed E-state index contributed by atoms with van der Waals surface area (Å²) in [6, 6.07) is 21.0. The van der Waals surface area contributed by atoms with E-state index in [4.69, 9.17) is 15.6 Å². The van der Waals surface area contributed by atoms with Gasteiger partial charge < -0.3 is 20.8 Å². The number of aromatic nitrogens is 1. The molecule has 4 rings (SSSR count). The smallest absolute Gasteiger partial charge is 0.320 e. The predicted molar refractivity (Wildman–Crippen MR) is 131 cm³/mol. The molecule has 0 aliphatic rings. The van der Waals surface area contributed by atoms with E-state index >= 15 is 0 Å². The van der Waals surface area contributed by atoms with E-state index in [1.165, 1.54) is 0 Å². The van der Waals surface area contributed by atoms with Crippen LogP contribution >= 0.6 is 11.3 Å². The first kappa shape index (κ1) is 23.2. The van der Waals surface area contributed by atoms with Crippen LogP contribution in [0.5, 0.6) is 5.75 Å². The van der Waals surface area contributed by atoms with E-state index in [2.05, 4.69) is 5.16 Å². The number of oxime groups is 1. The molecular weight excluding hydrogens is 454 g/mol. The number of hydrogen-bond acceptors (Lipinski definition) is 7. The number of carboxylic acids is 1. The van der Waals surface area contributed by atoms with E-state index < -0.39 is 12.0 Å². The van der Waals surface area contributed by atoms with Crippen LogP contribution in [0.15, 0.2) is 82.7 Å². The van der Waals surface area contributed by atoms with Gasteiger partial charge in [-0.25, -0.2) is 0 Å². The molecule has 0 radical (unpaired) electrons. The standard InChI is InChI=1S/C25H23N3O5S/c26-20(24(29)30)14-16-6-9-19(10-7-16)33-13-12-28-21-11-8-18(15-22(21)34-25(28)31)23(27-32)17-4-2-1-3-5-17/h1-11,15,20,32H,12-14,26H2,(H,29,30)/b27-23+. The number of thiazole rings is 1. The molecule has 0 saturated carbocycles. The van der Waals surface area contributed by atoms with Gasteiger partial charge in [0.25, 0.3) is 0 Å². The topological polar surface area (TPSA) is 127 Å². The lowest BCUT2D eigenvalue weighted by Crippen LogP contribution is -2.32. The van der Waals surface area contributed by atoms with E-state index in [-0.39, 0.29) is 17.9 Å². The minimum atomic E-state index is -1.04. The molecule has 0 spiro atoms. The molecule has 174 valence electrons. The van der Waals surface area contributed by atoms with Gasteiger partial charge in [-0.2, -0.15) is 0 Å². The maximum Gasteiger partial charge on any atom is 0.320 e. The predicted octanol–water partition coefficient (Wildman–Crippen LogP) is 3.32. The number of ether oxygens (including phenoxy) is 1. The highest BCUT2D eigenvalue weighted by Gasteiger charge is 2.14. The fourth-order valence-corrected chi connectivity index (χ4v) is 4.58. The quantitative estimate of drug-likeness (QED) is 0.193. The molecule has 1 aromatic heterocycles. The minimum Gasteiger partial charge on any atom is -0.492 e. The Bertz CT molecular complexity index is 1380. The SMILES string of the molecule is NC(Cc1ccc(OCCn2c(=O)sc3cc(/C(=N/O)c4ccccc4)ccc32)cc1)C(=O)O. The molecule has 34 heavy (non-hydrogen) atoms. The Morgan fingerprint density at radius 3 is 2.47 bits per heavy atom. The van der Waals surface area contributed by atoms with Gasteiger partial charge in [-0.3, -0.25) is 14.2 Å². The number of carbonyl (C=O) groups is 1. The number of hydrogen-bond donors (Lipinski definition) is 3. The monoisotopic (exact) mass is 477 g/mol. The average molecular weight is 478 g/mol. The first-order chi connectivity index (χ1) is 16.5. The Morgan fingerprint density at radius 1 is 1.06 bits per heavy atom. The molecule has 0 aliphatic carbocycles. The molecule has 0 bridgehead atoms. The highest BCUT2D eigenvalue weighted by molar-refractivity contribution is 7.16. The first-order valence-corrected chi connectivity index (χ1v) is 11.4. The summed E-state index contributed by atoms with van der Waals surface area (Å²) in [5, 5.41) is 21.9. The summed E-state index contributed by atoms with van der Waals surface area (Å²) in [5.74, 6) is -0.421. The molecule has 4 N–H and O–H groups in total. The normalized spacial score (nSPS) is 12.6. The van der Waals surface area contributed by atoms with Crippen LogP contribution in [-0.2, 0) is 17.8 Å². The van der Waals surface area contributed by atoms with Crippen LogP contribution in [0.2, 0.25) is 0 Å². The van der Waals surface area contributed by atoms with E-state index in [0.717, 1.165) is 32.7 Å². The van der Waals surface area contributed by atoms with E-state index in [0.29, 0.717) is 23.6 Å². The summed E-state index contributed by atoms with van der Waals surface area (Å²) in [6.07, 6.45) is 0.237. The number of rotatable bonds is 9. The molecule has 0 amide bonds. The summed E-state index contributed by atoms with van der Waals surface area (Å²) >= 11 is 1.13. The second-order valence-corrected chi connectivity index (χ2v) is 8.65. The van der Waals surface area contributed by atoms with E-state index in [1.807, 2.05) is 48.5 Å². The Balaban J connectivity index is 1.44. The van der Waals surface area contributed by atoms with Crippen LogP contribution in [0.1, 0.15) is 16.7 Å². The fraction of sp³-hybridized carbons (Fsp3) is 0.160. The molecule has 8 nitrogen and oxygen atoms in total. The van der Waals surface area contributed by atoms with Crippen LogP contribution in [-0.4, -0.2) is 39.2 Å². The number of nitrogens with zero attached hydrogens (tertiary/aromatic N) is 2. The Morgan fingerprint density at radius 2 is 1.79 bits per heavy atom. The van der Waals surface area contributed by atoms with Crippen molar-refractivity contribution in [3.05, 3.63) is 99.2 Å². The third-order valence-corrected chi connectivity index (χ3v) is 6.31. The van der Waals surface area contributed by atoms with Crippen LogP contribution in [0, 0.1) is 0 Å². The van der Waals surface area contributed by atoms with Gasteiger partial charge in [0.15, 0.2) is 0 Å². The van der Waals surface area contributed by atoms with Crippen molar-refractivity contribution in [2.24, 2.45) is 10.9 Å². The second-order valence-electron chi connectivity index (χ2n) is 7.66. The Hall–Kier alpha value is -3.95. The lowest BCUT2D eigenvalue weighted by molar-refractivity contribution is -0.138. The zero-order valence-electron chi connectivity index (χ0n) is 18.1. The van der Waals surface area contributed by atoms with E-state index in [1.54, 1.807) is 28.8 Å². The summed E-state index contributed by atoms with van der Waals surface area (Å²) in [5.41, 5.74) is 9.08. The van der Waals surface area contributed by atoms with Gasteiger partial charge in [0.2, 0.25) is 0 Å². The third-order valence-electron chi connectivity index (χ3n) is 5.37. The maximum absolute atomic E-state index is 12.6. The average Bonchev–Trinajstić information content (AvgIpc) is 3.15. The van der Waals surface area contributed by atoms with Gasteiger partial charge in [-0.1, -0.05) is 65.0 Å². The Labute approximate surface area is 199 Å². The van der Waals surface area contributed by atoms with Gasteiger partial charge >= 0.3 is 10.8 Å². The van der Waals surface area contributed by atoms with Crippen LogP contribution in [0.4, 0.5) is 0 Å². The maximum atomic E-state index is 12.6. The fourth-order valence-electron chi connectivity index (χ4n) is 3.62. The first-order valence-electron chi connectivity index (χ1n) is 10.6. The number of nitrogens with two attached hydrogens (primary N) is 1. The van der Waals surface area contributed by atoms with Crippen molar-refractivity contribution in [2.75, 3.05) is 6.61 Å². The summed E-state index contributed by atoms with van der Waals surface area (Å²) < 4.78 is 8.22. The van der Waals surface area contributed by atoms with Crippen molar-refractivity contribution >= 4 is 33.2 Å². The number of aliphatic carboxylic acids is 1. The molecule has 3 aromatic carbocycles. The lowest BCUT2D eigenvalue weighted by Gasteiger charge is -2.10. The van der Waals surface area contributed by atoms with Crippen LogP contribution in [0.25, 0.3) is 10.2 Å². The summed E-state index contributed by atoms with van der Waals surface area (Å²) in [4.78, 5) is 23.4. The third kappa shape index (κ3) is 5.16. The van der Waals surface area contributed by atoms with Crippen LogP contribution < -0.4 is 15.3 Å². The van der Waals surface area contributed by atoms with Crippen LogP contribution in [0.3, 0.4) is 0 Å². The van der Waals surface area contributed by atoms with Crippen molar-refractivity contribution in [3.8, 4) is 5.75 Å². The summed E-state index contributed by atoms with van der Waals surface area (Å²) in [7, 11) is 0. The van der Waals surface area contributed by atoms with Crippen molar-refractivity contribution in [3.63, 3.8) is 0 Å². The molecule has 9 heteroatoms. The number of benzene rings is 3.